The number of H-pyrrole nitrogens is 1. The summed E-state index contributed by atoms with van der Waals surface area (Å²) in [7, 11) is 4.67. The molecule has 0 aliphatic rings. The number of fused-ring (bicyclic) bond motifs is 1. The molecule has 2 aromatic heterocycles. The maximum atomic E-state index is 9.46. The summed E-state index contributed by atoms with van der Waals surface area (Å²) < 4.78 is 18.1. The van der Waals surface area contributed by atoms with Gasteiger partial charge in [-0.1, -0.05) is 12.1 Å². The molecule has 0 fully saturated rings. The first-order valence-electron chi connectivity index (χ1n) is 9.49. The van der Waals surface area contributed by atoms with E-state index >= 15 is 0 Å². The second-order valence-corrected chi connectivity index (χ2v) is 6.71. The fourth-order valence-electron chi connectivity index (χ4n) is 3.40. The van der Waals surface area contributed by atoms with Gasteiger partial charge in [0.2, 0.25) is 5.75 Å². The zero-order chi connectivity index (χ0) is 22.0. The van der Waals surface area contributed by atoms with Crippen LogP contribution in [0.3, 0.4) is 0 Å². The molecule has 9 heteroatoms. The number of aromatic amines is 1. The molecule has 0 aliphatic heterocycles. The molecular weight excluding hydrogens is 396 g/mol. The molecular formula is C22H22N6O3. The third-order valence-corrected chi connectivity index (χ3v) is 4.97. The van der Waals surface area contributed by atoms with Crippen molar-refractivity contribution in [3.8, 4) is 34.6 Å². The molecule has 31 heavy (non-hydrogen) atoms. The van der Waals surface area contributed by atoms with E-state index in [1.807, 2.05) is 36.4 Å². The second kappa shape index (κ2) is 8.30. The Hall–Kier alpha value is -4.16. The summed E-state index contributed by atoms with van der Waals surface area (Å²) in [5.74, 6) is 2.16. The summed E-state index contributed by atoms with van der Waals surface area (Å²) in [5.41, 5.74) is 9.87. The lowest BCUT2D eigenvalue weighted by Crippen LogP contribution is -2.00. The molecule has 158 valence electrons. The molecule has 0 saturated heterocycles. The first-order chi connectivity index (χ1) is 15.1. The van der Waals surface area contributed by atoms with Crippen molar-refractivity contribution in [1.29, 1.82) is 5.26 Å². The molecule has 0 unspecified atom stereocenters. The molecule has 0 radical (unpaired) electrons. The molecule has 0 bridgehead atoms. The number of nitriles is 1. The number of ether oxygens (including phenoxy) is 3. The smallest absolute Gasteiger partial charge is 0.203 e. The van der Waals surface area contributed by atoms with Crippen LogP contribution in [0.2, 0.25) is 0 Å². The predicted molar refractivity (Wildman–Crippen MR) is 117 cm³/mol. The van der Waals surface area contributed by atoms with Gasteiger partial charge in [-0.3, -0.25) is 5.10 Å². The fourth-order valence-corrected chi connectivity index (χ4v) is 3.40. The molecule has 4 rings (SSSR count). The number of hydrogen-bond donors (Lipinski definition) is 3. The summed E-state index contributed by atoms with van der Waals surface area (Å²) in [6.45, 7) is 0.468. The van der Waals surface area contributed by atoms with Crippen molar-refractivity contribution in [1.82, 2.24) is 14.6 Å². The van der Waals surface area contributed by atoms with Crippen molar-refractivity contribution < 1.29 is 14.2 Å². The van der Waals surface area contributed by atoms with Crippen LogP contribution >= 0.6 is 0 Å². The van der Waals surface area contributed by atoms with Gasteiger partial charge in [-0.15, -0.1) is 0 Å². The minimum absolute atomic E-state index is 0.431. The Kier molecular flexibility index (Phi) is 5.39. The number of nitrogens with zero attached hydrogens (tertiary/aromatic N) is 3. The van der Waals surface area contributed by atoms with Crippen molar-refractivity contribution in [3.05, 3.63) is 53.7 Å². The first-order valence-corrected chi connectivity index (χ1v) is 9.49. The molecule has 4 N–H and O–H groups in total. The van der Waals surface area contributed by atoms with E-state index in [0.717, 1.165) is 16.8 Å². The minimum Gasteiger partial charge on any atom is -0.493 e. The minimum atomic E-state index is 0.431. The van der Waals surface area contributed by atoms with Crippen molar-refractivity contribution in [3.63, 3.8) is 0 Å². The Labute approximate surface area is 179 Å². The summed E-state index contributed by atoms with van der Waals surface area (Å²) in [6, 6.07) is 13.6. The number of imidazole rings is 1. The van der Waals surface area contributed by atoms with E-state index in [-0.39, 0.29) is 0 Å². The van der Waals surface area contributed by atoms with Gasteiger partial charge in [0.1, 0.15) is 17.3 Å². The van der Waals surface area contributed by atoms with Crippen LogP contribution in [-0.2, 0) is 6.54 Å². The zero-order valence-corrected chi connectivity index (χ0v) is 17.4. The van der Waals surface area contributed by atoms with Gasteiger partial charge in [-0.2, -0.15) is 5.26 Å². The lowest BCUT2D eigenvalue weighted by atomic mass is 10.1. The number of hydrogen-bond acceptors (Lipinski definition) is 7. The van der Waals surface area contributed by atoms with Gasteiger partial charge < -0.3 is 25.3 Å². The largest absolute Gasteiger partial charge is 0.493 e. The maximum Gasteiger partial charge on any atom is 0.203 e. The predicted octanol–water partition coefficient (Wildman–Crippen LogP) is 3.43. The van der Waals surface area contributed by atoms with E-state index in [9.17, 15) is 5.26 Å². The van der Waals surface area contributed by atoms with Crippen molar-refractivity contribution in [2.75, 3.05) is 26.6 Å². The second-order valence-electron chi connectivity index (χ2n) is 6.71. The Morgan fingerprint density at radius 3 is 2.32 bits per heavy atom. The van der Waals surface area contributed by atoms with E-state index in [1.54, 1.807) is 32.0 Å². The number of nitrogens with one attached hydrogen (secondary N) is 2. The Morgan fingerprint density at radius 1 is 1.10 bits per heavy atom. The van der Waals surface area contributed by atoms with E-state index < -0.39 is 0 Å². The lowest BCUT2D eigenvalue weighted by molar-refractivity contribution is 0.324. The van der Waals surface area contributed by atoms with Crippen molar-refractivity contribution in [2.45, 2.75) is 6.54 Å². The molecule has 0 atom stereocenters. The quantitative estimate of drug-likeness (QED) is 0.420. The van der Waals surface area contributed by atoms with Gasteiger partial charge in [-0.05, 0) is 29.8 Å². The summed E-state index contributed by atoms with van der Waals surface area (Å²) >= 11 is 0. The molecule has 0 amide bonds. The highest BCUT2D eigenvalue weighted by molar-refractivity contribution is 5.83. The number of benzene rings is 2. The number of methoxy groups -OCH3 is 3. The molecule has 9 nitrogen and oxygen atoms in total. The van der Waals surface area contributed by atoms with Gasteiger partial charge in [-0.25, -0.2) is 9.50 Å². The summed E-state index contributed by atoms with van der Waals surface area (Å²) in [6.07, 6.45) is 1.62. The van der Waals surface area contributed by atoms with Crippen LogP contribution < -0.4 is 25.3 Å². The van der Waals surface area contributed by atoms with Crippen molar-refractivity contribution in [2.24, 2.45) is 5.73 Å². The molecule has 2 heterocycles. The number of anilines is 2. The fraction of sp³-hybridized carbons (Fsp3) is 0.182. The van der Waals surface area contributed by atoms with Gasteiger partial charge >= 0.3 is 0 Å². The van der Waals surface area contributed by atoms with E-state index in [4.69, 9.17) is 24.9 Å². The van der Waals surface area contributed by atoms with Crippen LogP contribution in [0.15, 0.2) is 42.6 Å². The molecule has 0 saturated carbocycles. The molecule has 0 spiro atoms. The number of nitrogens with two attached hydrogens (primary N) is 1. The molecule has 2 aromatic carbocycles. The summed E-state index contributed by atoms with van der Waals surface area (Å²) in [5, 5.41) is 15.9. The zero-order valence-electron chi connectivity index (χ0n) is 17.4. The van der Waals surface area contributed by atoms with Gasteiger partial charge in [0.15, 0.2) is 23.0 Å². The van der Waals surface area contributed by atoms with E-state index in [2.05, 4.69) is 16.5 Å². The molecule has 4 aromatic rings. The van der Waals surface area contributed by atoms with E-state index in [1.165, 1.54) is 0 Å². The third-order valence-electron chi connectivity index (χ3n) is 4.97. The standard InChI is InChI=1S/C22H22N6O3/c1-29-17-8-14(9-18(30-2)20(17)31-3)19-22(26-16-6-4-13(10-23)5-7-16)28-21(27-19)15(11-24)12-25-28/h4-9,12,25-26H,10,23H2,1-3H3. The van der Waals surface area contributed by atoms with Crippen LogP contribution in [0.25, 0.3) is 16.9 Å². The van der Waals surface area contributed by atoms with Gasteiger partial charge in [0.05, 0.1) is 21.3 Å². The normalized spacial score (nSPS) is 10.7. The van der Waals surface area contributed by atoms with E-state index in [0.29, 0.717) is 46.5 Å². The maximum absolute atomic E-state index is 9.46. The van der Waals surface area contributed by atoms with Crippen LogP contribution in [-0.4, -0.2) is 35.9 Å². The van der Waals surface area contributed by atoms with Gasteiger partial charge in [0.25, 0.3) is 0 Å². The molecule has 0 aliphatic carbocycles. The number of rotatable bonds is 7. The third kappa shape index (κ3) is 3.49. The highest BCUT2D eigenvalue weighted by Crippen LogP contribution is 2.43. The van der Waals surface area contributed by atoms with Crippen LogP contribution in [0.1, 0.15) is 11.1 Å². The highest BCUT2D eigenvalue weighted by atomic mass is 16.5. The Bertz CT molecular complexity index is 1240. The van der Waals surface area contributed by atoms with Crippen LogP contribution in [0.5, 0.6) is 17.2 Å². The lowest BCUT2D eigenvalue weighted by Gasteiger charge is -2.14. The van der Waals surface area contributed by atoms with Crippen molar-refractivity contribution >= 4 is 17.2 Å². The van der Waals surface area contributed by atoms with Crippen LogP contribution in [0, 0.1) is 11.3 Å². The topological polar surface area (TPSA) is 123 Å². The Morgan fingerprint density at radius 2 is 1.77 bits per heavy atom. The number of aromatic nitrogens is 3. The first kappa shape index (κ1) is 20.1. The summed E-state index contributed by atoms with van der Waals surface area (Å²) in [4.78, 5) is 4.72. The Balaban J connectivity index is 1.90. The SMILES string of the molecule is COc1cc(-c2nc3c(C#N)c[nH]n3c2Nc2ccc(CN)cc2)cc(OC)c1OC. The average Bonchev–Trinajstić information content (AvgIpc) is 3.38. The van der Waals surface area contributed by atoms with Crippen LogP contribution in [0.4, 0.5) is 11.5 Å². The average molecular weight is 418 g/mol. The monoisotopic (exact) mass is 418 g/mol. The highest BCUT2D eigenvalue weighted by Gasteiger charge is 2.22. The van der Waals surface area contributed by atoms with Gasteiger partial charge in [0, 0.05) is 24.0 Å².